The van der Waals surface area contributed by atoms with E-state index in [1.54, 1.807) is 0 Å². The molecule has 5 nitrogen and oxygen atoms in total. The van der Waals surface area contributed by atoms with Crippen molar-refractivity contribution in [1.29, 1.82) is 0 Å². The Balaban J connectivity index is 2.04. The summed E-state index contributed by atoms with van der Waals surface area (Å²) in [6, 6.07) is 9.37. The zero-order valence-corrected chi connectivity index (χ0v) is 15.7. The number of carbonyl (C=O) groups is 2. The highest BCUT2D eigenvalue weighted by molar-refractivity contribution is 5.96. The molecule has 0 heterocycles. The maximum atomic E-state index is 12.5. The van der Waals surface area contributed by atoms with E-state index in [1.165, 1.54) is 12.2 Å². The molecule has 0 fully saturated rings. The molecular formula is C20H27NO4. The van der Waals surface area contributed by atoms with Gasteiger partial charge in [0.2, 0.25) is 0 Å². The highest BCUT2D eigenvalue weighted by Crippen LogP contribution is 2.36. The summed E-state index contributed by atoms with van der Waals surface area (Å²) in [6.07, 6.45) is 1.22. The molecule has 0 spiro atoms. The fourth-order valence-corrected chi connectivity index (χ4v) is 3.36. The molecule has 1 aliphatic carbocycles. The molecule has 136 valence electrons. The largest absolute Gasteiger partial charge is 0.480 e. The third kappa shape index (κ3) is 4.69. The van der Waals surface area contributed by atoms with Crippen LogP contribution in [-0.4, -0.2) is 30.5 Å². The van der Waals surface area contributed by atoms with Gasteiger partial charge < -0.3 is 4.74 Å². The summed E-state index contributed by atoms with van der Waals surface area (Å²) >= 11 is 0. The Labute approximate surface area is 149 Å². The number of hydrogen-bond acceptors (Lipinski definition) is 4. The summed E-state index contributed by atoms with van der Waals surface area (Å²) in [5, 5.41) is 1.28. The molecule has 1 aromatic carbocycles. The Kier molecular flexibility index (Phi) is 6.01. The molecule has 1 aliphatic rings. The zero-order chi connectivity index (χ0) is 18.6. The Bertz CT molecular complexity index is 664. The maximum Gasteiger partial charge on any atom is 0.284 e. The van der Waals surface area contributed by atoms with Gasteiger partial charge in [-0.1, -0.05) is 44.2 Å². The van der Waals surface area contributed by atoms with Crippen LogP contribution >= 0.6 is 0 Å². The van der Waals surface area contributed by atoms with Gasteiger partial charge in [-0.15, -0.1) is 0 Å². The summed E-state index contributed by atoms with van der Waals surface area (Å²) in [4.78, 5) is 30.1. The number of benzene rings is 1. The predicted octanol–water partition coefficient (Wildman–Crippen LogP) is 3.82. The standard InChI is InChI=1S/C20H27NO4/c1-14-11-20(3,4)12-17(22)19(14)25-13-18(23)21(24-5)15(2)16-9-7-6-8-10-16/h6-10,15H,11-13H2,1-5H3. The minimum atomic E-state index is -0.322. The molecular weight excluding hydrogens is 318 g/mol. The molecule has 0 radical (unpaired) electrons. The van der Waals surface area contributed by atoms with Gasteiger partial charge in [-0.2, -0.15) is 0 Å². The number of allylic oxidation sites excluding steroid dienone is 2. The topological polar surface area (TPSA) is 55.8 Å². The molecule has 1 aromatic rings. The second-order valence-corrected chi connectivity index (χ2v) is 7.33. The van der Waals surface area contributed by atoms with Crippen molar-refractivity contribution in [2.75, 3.05) is 13.7 Å². The number of Topliss-reactive ketones (excluding diaryl/α,β-unsaturated/α-hetero) is 1. The SMILES string of the molecule is CON(C(=O)COC1=C(C)CC(C)(C)CC1=O)C(C)c1ccccc1. The van der Waals surface area contributed by atoms with E-state index in [1.807, 2.05) is 44.2 Å². The van der Waals surface area contributed by atoms with E-state index < -0.39 is 0 Å². The van der Waals surface area contributed by atoms with Gasteiger partial charge in [0.25, 0.3) is 5.91 Å². The van der Waals surface area contributed by atoms with Crippen molar-refractivity contribution in [1.82, 2.24) is 5.06 Å². The molecule has 5 heteroatoms. The van der Waals surface area contributed by atoms with Crippen LogP contribution < -0.4 is 0 Å². The van der Waals surface area contributed by atoms with Crippen LogP contribution in [0.3, 0.4) is 0 Å². The van der Waals surface area contributed by atoms with Crippen LogP contribution in [0.4, 0.5) is 0 Å². The van der Waals surface area contributed by atoms with Crippen LogP contribution in [0.5, 0.6) is 0 Å². The van der Waals surface area contributed by atoms with E-state index in [9.17, 15) is 9.59 Å². The van der Waals surface area contributed by atoms with Gasteiger partial charge in [0.05, 0.1) is 13.2 Å². The number of nitrogens with zero attached hydrogens (tertiary/aromatic N) is 1. The minimum Gasteiger partial charge on any atom is -0.480 e. The first-order chi connectivity index (χ1) is 11.7. The molecule has 1 unspecified atom stereocenters. The second-order valence-electron chi connectivity index (χ2n) is 7.33. The van der Waals surface area contributed by atoms with Crippen LogP contribution in [0.1, 0.15) is 52.1 Å². The maximum absolute atomic E-state index is 12.5. The fourth-order valence-electron chi connectivity index (χ4n) is 3.36. The third-order valence-corrected chi connectivity index (χ3v) is 4.44. The van der Waals surface area contributed by atoms with E-state index >= 15 is 0 Å². The van der Waals surface area contributed by atoms with Gasteiger partial charge in [-0.3, -0.25) is 14.4 Å². The van der Waals surface area contributed by atoms with E-state index in [4.69, 9.17) is 9.57 Å². The van der Waals surface area contributed by atoms with Crippen LogP contribution in [-0.2, 0) is 19.2 Å². The summed E-state index contributed by atoms with van der Waals surface area (Å²) in [5.74, 6) is -0.0329. The quantitative estimate of drug-likeness (QED) is 0.736. The van der Waals surface area contributed by atoms with Gasteiger partial charge >= 0.3 is 0 Å². The molecule has 2 rings (SSSR count). The lowest BCUT2D eigenvalue weighted by Gasteiger charge is -2.31. The smallest absolute Gasteiger partial charge is 0.284 e. The Morgan fingerprint density at radius 2 is 1.88 bits per heavy atom. The molecule has 0 saturated heterocycles. The monoisotopic (exact) mass is 345 g/mol. The van der Waals surface area contributed by atoms with E-state index in [0.717, 1.165) is 17.6 Å². The number of ether oxygens (including phenoxy) is 1. The average Bonchev–Trinajstić information content (AvgIpc) is 2.54. The third-order valence-electron chi connectivity index (χ3n) is 4.44. The van der Waals surface area contributed by atoms with Crippen molar-refractivity contribution < 1.29 is 19.2 Å². The van der Waals surface area contributed by atoms with E-state index in [0.29, 0.717) is 12.2 Å². The highest BCUT2D eigenvalue weighted by atomic mass is 16.7. The summed E-state index contributed by atoms with van der Waals surface area (Å²) in [5.41, 5.74) is 1.80. The van der Waals surface area contributed by atoms with Crippen LogP contribution in [0.2, 0.25) is 0 Å². The van der Waals surface area contributed by atoms with Crippen molar-refractivity contribution in [2.24, 2.45) is 5.41 Å². The van der Waals surface area contributed by atoms with Crippen LogP contribution in [0.25, 0.3) is 0 Å². The van der Waals surface area contributed by atoms with E-state index in [-0.39, 0.29) is 29.8 Å². The Hall–Kier alpha value is -2.14. The van der Waals surface area contributed by atoms with Crippen molar-refractivity contribution in [3.63, 3.8) is 0 Å². The molecule has 0 aliphatic heterocycles. The summed E-state index contributed by atoms with van der Waals surface area (Å²) in [7, 11) is 1.45. The van der Waals surface area contributed by atoms with Crippen LogP contribution in [0, 0.1) is 5.41 Å². The van der Waals surface area contributed by atoms with Crippen molar-refractivity contribution in [3.05, 3.63) is 47.2 Å². The molecule has 0 aromatic heterocycles. The van der Waals surface area contributed by atoms with Gasteiger partial charge in [0.1, 0.15) is 0 Å². The first-order valence-electron chi connectivity index (χ1n) is 8.52. The van der Waals surface area contributed by atoms with Crippen molar-refractivity contribution in [2.45, 2.75) is 46.6 Å². The molecule has 0 N–H and O–H groups in total. The Morgan fingerprint density at radius 1 is 1.24 bits per heavy atom. The number of amides is 1. The zero-order valence-electron chi connectivity index (χ0n) is 15.7. The van der Waals surface area contributed by atoms with Crippen molar-refractivity contribution in [3.8, 4) is 0 Å². The lowest BCUT2D eigenvalue weighted by molar-refractivity contribution is -0.191. The predicted molar refractivity (Wildman–Crippen MR) is 95.4 cm³/mol. The number of hydroxylamine groups is 2. The molecule has 25 heavy (non-hydrogen) atoms. The van der Waals surface area contributed by atoms with E-state index in [2.05, 4.69) is 13.8 Å². The van der Waals surface area contributed by atoms with Crippen LogP contribution in [0.15, 0.2) is 41.7 Å². The summed E-state index contributed by atoms with van der Waals surface area (Å²) < 4.78 is 5.59. The lowest BCUT2D eigenvalue weighted by Crippen LogP contribution is -2.36. The average molecular weight is 345 g/mol. The molecule has 0 bridgehead atoms. The van der Waals surface area contributed by atoms with Gasteiger partial charge in [0, 0.05) is 6.42 Å². The number of ketones is 1. The normalized spacial score (nSPS) is 18.0. The first-order valence-corrected chi connectivity index (χ1v) is 8.52. The van der Waals surface area contributed by atoms with Gasteiger partial charge in [-0.25, -0.2) is 5.06 Å². The number of rotatable bonds is 6. The first kappa shape index (κ1) is 19.2. The molecule has 0 saturated carbocycles. The van der Waals surface area contributed by atoms with Gasteiger partial charge in [0.15, 0.2) is 18.1 Å². The summed E-state index contributed by atoms with van der Waals surface area (Å²) in [6.45, 7) is 7.67. The number of hydrogen-bond donors (Lipinski definition) is 0. The van der Waals surface area contributed by atoms with Gasteiger partial charge in [-0.05, 0) is 36.8 Å². The minimum absolute atomic E-state index is 0.0402. The van der Waals surface area contributed by atoms with Crippen molar-refractivity contribution >= 4 is 11.7 Å². The second kappa shape index (κ2) is 7.83. The lowest BCUT2D eigenvalue weighted by atomic mass is 9.76. The molecule has 1 amide bonds. The fraction of sp³-hybridized carbons (Fsp3) is 0.500. The molecule has 1 atom stereocenters. The highest BCUT2D eigenvalue weighted by Gasteiger charge is 2.33. The number of carbonyl (C=O) groups excluding carboxylic acids is 2. The Morgan fingerprint density at radius 3 is 2.44 bits per heavy atom.